The van der Waals surface area contributed by atoms with Crippen LogP contribution in [0, 0.1) is 0 Å². The van der Waals surface area contributed by atoms with Crippen LogP contribution >= 0.6 is 0 Å². The molecule has 5 heteroatoms. The molecule has 0 aromatic carbocycles. The molecule has 18 heavy (non-hydrogen) atoms. The minimum Gasteiger partial charge on any atom is -0.368 e. The van der Waals surface area contributed by atoms with Gasteiger partial charge in [-0.15, -0.1) is 0 Å². The molecule has 0 spiro atoms. The van der Waals surface area contributed by atoms with Crippen LogP contribution in [-0.2, 0) is 4.79 Å². The van der Waals surface area contributed by atoms with E-state index in [1.54, 1.807) is 6.92 Å². The first-order valence-electron chi connectivity index (χ1n) is 6.97. The molecule has 0 bridgehead atoms. The quantitative estimate of drug-likeness (QED) is 0.725. The minimum atomic E-state index is -0.897. The zero-order chi connectivity index (χ0) is 13.3. The van der Waals surface area contributed by atoms with Crippen LogP contribution in [0.1, 0.15) is 33.1 Å². The number of hydrogen-bond acceptors (Lipinski definition) is 4. The second-order valence-electron chi connectivity index (χ2n) is 6.16. The number of carbonyl (C=O) groups is 1. The number of primary amides is 1. The van der Waals surface area contributed by atoms with E-state index in [2.05, 4.69) is 16.7 Å². The Hall–Kier alpha value is -0.650. The lowest BCUT2D eigenvalue weighted by atomic mass is 9.93. The van der Waals surface area contributed by atoms with Gasteiger partial charge in [-0.3, -0.25) is 14.6 Å². The predicted octanol–water partition coefficient (Wildman–Crippen LogP) is -0.252. The molecule has 0 saturated carbocycles. The number of nitrogens with zero attached hydrogens (tertiary/aromatic N) is 2. The van der Waals surface area contributed by atoms with Crippen LogP contribution in [0.15, 0.2) is 0 Å². The predicted molar refractivity (Wildman–Crippen MR) is 72.0 cm³/mol. The summed E-state index contributed by atoms with van der Waals surface area (Å²) in [6, 6.07) is 1.02. The van der Waals surface area contributed by atoms with E-state index in [9.17, 15) is 4.79 Å². The summed E-state index contributed by atoms with van der Waals surface area (Å²) in [6.07, 6.45) is 3.26. The van der Waals surface area contributed by atoms with Crippen molar-refractivity contribution < 1.29 is 4.79 Å². The Morgan fingerprint density at radius 2 is 2.17 bits per heavy atom. The smallest absolute Gasteiger partial charge is 0.237 e. The highest BCUT2D eigenvalue weighted by Crippen LogP contribution is 2.24. The summed E-state index contributed by atoms with van der Waals surface area (Å²) in [6.45, 7) is 8.47. The van der Waals surface area contributed by atoms with Gasteiger partial charge in [-0.25, -0.2) is 0 Å². The third-order valence-electron chi connectivity index (χ3n) is 4.52. The van der Waals surface area contributed by atoms with Crippen LogP contribution in [0.25, 0.3) is 0 Å². The topological polar surface area (TPSA) is 75.6 Å². The fourth-order valence-corrected chi connectivity index (χ4v) is 3.26. The van der Waals surface area contributed by atoms with Gasteiger partial charge in [0.2, 0.25) is 5.91 Å². The van der Waals surface area contributed by atoms with Gasteiger partial charge >= 0.3 is 0 Å². The van der Waals surface area contributed by atoms with Gasteiger partial charge < -0.3 is 11.5 Å². The molecule has 4 N–H and O–H groups in total. The molecule has 3 atom stereocenters. The standard InChI is InChI=1S/C13H26N4O/c1-10(8-13(2,15)12(14)18)17-7-6-16-5-3-4-11(16)9-17/h10-11H,3-9,15H2,1-2H3,(H2,14,18). The molecular weight excluding hydrogens is 228 g/mol. The van der Waals surface area contributed by atoms with Crippen LogP contribution < -0.4 is 11.5 Å². The fraction of sp³-hybridized carbons (Fsp3) is 0.923. The molecule has 5 nitrogen and oxygen atoms in total. The van der Waals surface area contributed by atoms with E-state index in [1.165, 1.54) is 19.4 Å². The first-order valence-corrected chi connectivity index (χ1v) is 6.97. The van der Waals surface area contributed by atoms with E-state index in [4.69, 9.17) is 11.5 Å². The molecule has 3 unspecified atom stereocenters. The van der Waals surface area contributed by atoms with Crippen LogP contribution in [0.5, 0.6) is 0 Å². The minimum absolute atomic E-state index is 0.315. The lowest BCUT2D eigenvalue weighted by molar-refractivity contribution is -0.123. The molecule has 1 amide bonds. The van der Waals surface area contributed by atoms with E-state index in [0.29, 0.717) is 18.5 Å². The number of piperazine rings is 1. The zero-order valence-corrected chi connectivity index (χ0v) is 11.6. The van der Waals surface area contributed by atoms with Gasteiger partial charge in [0.15, 0.2) is 0 Å². The Bertz CT molecular complexity index is 318. The first-order chi connectivity index (χ1) is 8.40. The summed E-state index contributed by atoms with van der Waals surface area (Å²) in [5.41, 5.74) is 10.4. The van der Waals surface area contributed by atoms with Gasteiger partial charge in [-0.05, 0) is 39.7 Å². The van der Waals surface area contributed by atoms with Gasteiger partial charge in [-0.2, -0.15) is 0 Å². The largest absolute Gasteiger partial charge is 0.368 e. The highest BCUT2D eigenvalue weighted by molar-refractivity contribution is 5.83. The lowest BCUT2D eigenvalue weighted by Gasteiger charge is -2.42. The number of hydrogen-bond donors (Lipinski definition) is 2. The molecular formula is C13H26N4O. The van der Waals surface area contributed by atoms with Crippen molar-refractivity contribution in [3.63, 3.8) is 0 Å². The first kappa shape index (κ1) is 13.8. The molecule has 2 heterocycles. The van der Waals surface area contributed by atoms with E-state index in [1.807, 2.05) is 0 Å². The fourth-order valence-electron chi connectivity index (χ4n) is 3.26. The molecule has 2 fully saturated rings. The molecule has 2 aliphatic rings. The molecule has 0 aromatic rings. The summed E-state index contributed by atoms with van der Waals surface area (Å²) in [4.78, 5) is 16.3. The molecule has 0 radical (unpaired) electrons. The molecule has 2 saturated heterocycles. The summed E-state index contributed by atoms with van der Waals surface area (Å²) in [7, 11) is 0. The number of fused-ring (bicyclic) bond motifs is 1. The van der Waals surface area contributed by atoms with Gasteiger partial charge in [0.05, 0.1) is 5.54 Å². The van der Waals surface area contributed by atoms with E-state index >= 15 is 0 Å². The van der Waals surface area contributed by atoms with E-state index in [0.717, 1.165) is 19.6 Å². The molecule has 2 rings (SSSR count). The number of rotatable bonds is 4. The second-order valence-corrected chi connectivity index (χ2v) is 6.16. The maximum Gasteiger partial charge on any atom is 0.237 e. The van der Waals surface area contributed by atoms with Gasteiger partial charge in [-0.1, -0.05) is 0 Å². The van der Waals surface area contributed by atoms with Gasteiger partial charge in [0.1, 0.15) is 0 Å². The van der Waals surface area contributed by atoms with E-state index < -0.39 is 11.4 Å². The van der Waals surface area contributed by atoms with Crippen LogP contribution in [-0.4, -0.2) is 59.5 Å². The highest BCUT2D eigenvalue weighted by atomic mass is 16.1. The Labute approximate surface area is 109 Å². The molecule has 0 aliphatic carbocycles. The average Bonchev–Trinajstić information content (AvgIpc) is 2.74. The Balaban J connectivity index is 1.90. The van der Waals surface area contributed by atoms with Crippen molar-refractivity contribution >= 4 is 5.91 Å². The van der Waals surface area contributed by atoms with Crippen molar-refractivity contribution in [2.45, 2.75) is 50.7 Å². The van der Waals surface area contributed by atoms with Gasteiger partial charge in [0, 0.05) is 31.7 Å². The Morgan fingerprint density at radius 1 is 1.44 bits per heavy atom. The monoisotopic (exact) mass is 254 g/mol. The molecule has 0 aromatic heterocycles. The molecule has 104 valence electrons. The number of amides is 1. The highest BCUT2D eigenvalue weighted by Gasteiger charge is 2.35. The van der Waals surface area contributed by atoms with Crippen molar-refractivity contribution in [2.24, 2.45) is 11.5 Å². The Kier molecular flexibility index (Phi) is 3.94. The zero-order valence-electron chi connectivity index (χ0n) is 11.6. The second kappa shape index (κ2) is 5.15. The molecule has 2 aliphatic heterocycles. The third-order valence-corrected chi connectivity index (χ3v) is 4.52. The van der Waals surface area contributed by atoms with Crippen LogP contribution in [0.2, 0.25) is 0 Å². The van der Waals surface area contributed by atoms with Crippen molar-refractivity contribution in [2.75, 3.05) is 26.2 Å². The average molecular weight is 254 g/mol. The third kappa shape index (κ3) is 2.84. The van der Waals surface area contributed by atoms with Crippen molar-refractivity contribution in [3.8, 4) is 0 Å². The van der Waals surface area contributed by atoms with Gasteiger partial charge in [0.25, 0.3) is 0 Å². The summed E-state index contributed by atoms with van der Waals surface area (Å²) < 4.78 is 0. The number of nitrogens with two attached hydrogens (primary N) is 2. The normalized spacial score (nSPS) is 30.7. The van der Waals surface area contributed by atoms with Crippen molar-refractivity contribution in [1.29, 1.82) is 0 Å². The SMILES string of the molecule is CC(CC(C)(N)C(N)=O)N1CCN2CCCC2C1. The van der Waals surface area contributed by atoms with Crippen LogP contribution in [0.3, 0.4) is 0 Å². The van der Waals surface area contributed by atoms with Crippen molar-refractivity contribution in [1.82, 2.24) is 9.80 Å². The van der Waals surface area contributed by atoms with E-state index in [-0.39, 0.29) is 0 Å². The van der Waals surface area contributed by atoms with Crippen LogP contribution in [0.4, 0.5) is 0 Å². The number of carbonyl (C=O) groups excluding carboxylic acids is 1. The summed E-state index contributed by atoms with van der Waals surface area (Å²) >= 11 is 0. The maximum absolute atomic E-state index is 11.3. The van der Waals surface area contributed by atoms with Crippen molar-refractivity contribution in [3.05, 3.63) is 0 Å². The summed E-state index contributed by atoms with van der Waals surface area (Å²) in [5, 5.41) is 0. The summed E-state index contributed by atoms with van der Waals surface area (Å²) in [5.74, 6) is -0.408. The maximum atomic E-state index is 11.3. The Morgan fingerprint density at radius 3 is 2.83 bits per heavy atom. The lowest BCUT2D eigenvalue weighted by Crippen LogP contribution is -2.57.